The van der Waals surface area contributed by atoms with Crippen LogP contribution in [0.1, 0.15) is 11.5 Å². The maximum absolute atomic E-state index is 5.47. The van der Waals surface area contributed by atoms with E-state index in [1.54, 1.807) is 0 Å². The third kappa shape index (κ3) is 1.78. The summed E-state index contributed by atoms with van der Waals surface area (Å²) in [7, 11) is 1.93. The quantitative estimate of drug-likeness (QED) is 0.771. The number of aromatic amines is 1. The van der Waals surface area contributed by atoms with Crippen LogP contribution in [0.15, 0.2) is 12.4 Å². The first-order valence-corrected chi connectivity index (χ1v) is 4.95. The van der Waals surface area contributed by atoms with Gasteiger partial charge in [-0.15, -0.1) is 0 Å². The van der Waals surface area contributed by atoms with Gasteiger partial charge in [0.15, 0.2) is 0 Å². The second kappa shape index (κ2) is 3.86. The molecule has 0 aliphatic carbocycles. The van der Waals surface area contributed by atoms with E-state index in [0.29, 0.717) is 6.54 Å². The first-order valence-electron chi connectivity index (χ1n) is 4.95. The van der Waals surface area contributed by atoms with Gasteiger partial charge in [0, 0.05) is 24.7 Å². The van der Waals surface area contributed by atoms with Crippen molar-refractivity contribution in [1.82, 2.24) is 19.7 Å². The third-order valence-electron chi connectivity index (χ3n) is 2.53. The van der Waals surface area contributed by atoms with Gasteiger partial charge in [0.2, 0.25) is 0 Å². The minimum Gasteiger partial charge on any atom is -0.342 e. The Labute approximate surface area is 88.3 Å². The lowest BCUT2D eigenvalue weighted by Crippen LogP contribution is -2.03. The van der Waals surface area contributed by atoms with Crippen molar-refractivity contribution in [1.29, 1.82) is 0 Å². The summed E-state index contributed by atoms with van der Waals surface area (Å²) in [5.74, 6) is 0.927. The van der Waals surface area contributed by atoms with Crippen molar-refractivity contribution >= 4 is 0 Å². The molecule has 3 N–H and O–H groups in total. The molecule has 5 heteroatoms. The van der Waals surface area contributed by atoms with Crippen LogP contribution >= 0.6 is 0 Å². The third-order valence-corrected chi connectivity index (χ3v) is 2.53. The van der Waals surface area contributed by atoms with Crippen molar-refractivity contribution < 1.29 is 0 Å². The van der Waals surface area contributed by atoms with E-state index in [4.69, 9.17) is 5.73 Å². The molecule has 0 amide bonds. The number of rotatable bonds is 3. The second-order valence-electron chi connectivity index (χ2n) is 3.55. The summed E-state index contributed by atoms with van der Waals surface area (Å²) in [5, 5.41) is 4.19. The number of aryl methyl sites for hydroxylation is 1. The lowest BCUT2D eigenvalue weighted by atomic mass is 10.2. The number of hydrogen-bond donors (Lipinski definition) is 2. The Morgan fingerprint density at radius 2 is 2.27 bits per heavy atom. The Morgan fingerprint density at radius 1 is 1.47 bits per heavy atom. The van der Waals surface area contributed by atoms with Gasteiger partial charge in [-0.1, -0.05) is 0 Å². The predicted molar refractivity (Wildman–Crippen MR) is 58.3 cm³/mol. The Bertz CT molecular complexity index is 454. The highest BCUT2D eigenvalue weighted by molar-refractivity contribution is 5.60. The zero-order valence-corrected chi connectivity index (χ0v) is 8.99. The minimum atomic E-state index is 0.610. The van der Waals surface area contributed by atoms with E-state index >= 15 is 0 Å². The van der Waals surface area contributed by atoms with Gasteiger partial charge in [0.05, 0.1) is 18.1 Å². The maximum Gasteiger partial charge on any atom is 0.107 e. The van der Waals surface area contributed by atoms with E-state index < -0.39 is 0 Å². The topological polar surface area (TPSA) is 72.5 Å². The van der Waals surface area contributed by atoms with E-state index in [0.717, 1.165) is 29.2 Å². The van der Waals surface area contributed by atoms with Crippen molar-refractivity contribution in [3.8, 4) is 11.3 Å². The molecule has 0 unspecified atom stereocenters. The average Bonchev–Trinajstić information content (AvgIpc) is 2.77. The van der Waals surface area contributed by atoms with Gasteiger partial charge >= 0.3 is 0 Å². The maximum atomic E-state index is 5.47. The summed E-state index contributed by atoms with van der Waals surface area (Å²) in [6, 6.07) is 0. The van der Waals surface area contributed by atoms with Gasteiger partial charge in [-0.05, 0) is 13.5 Å². The zero-order valence-electron chi connectivity index (χ0n) is 8.99. The van der Waals surface area contributed by atoms with E-state index in [-0.39, 0.29) is 0 Å². The van der Waals surface area contributed by atoms with Gasteiger partial charge in [0.25, 0.3) is 0 Å². The molecule has 0 radical (unpaired) electrons. The van der Waals surface area contributed by atoms with Crippen molar-refractivity contribution in [3.63, 3.8) is 0 Å². The lowest BCUT2D eigenvalue weighted by Gasteiger charge is -1.96. The van der Waals surface area contributed by atoms with Gasteiger partial charge in [-0.25, -0.2) is 4.98 Å². The Kier molecular flexibility index (Phi) is 2.55. The molecule has 0 aliphatic heterocycles. The molecule has 80 valence electrons. The van der Waals surface area contributed by atoms with Gasteiger partial charge < -0.3 is 10.7 Å². The van der Waals surface area contributed by atoms with E-state index in [2.05, 4.69) is 15.1 Å². The van der Waals surface area contributed by atoms with Crippen molar-refractivity contribution in [2.75, 3.05) is 6.54 Å². The number of nitrogens with one attached hydrogen (secondary N) is 1. The molecular formula is C10H15N5. The highest BCUT2D eigenvalue weighted by Crippen LogP contribution is 2.20. The number of nitrogens with two attached hydrogens (primary N) is 1. The molecular weight excluding hydrogens is 190 g/mol. The van der Waals surface area contributed by atoms with Crippen LogP contribution in [0.5, 0.6) is 0 Å². The molecule has 2 aromatic heterocycles. The normalized spacial score (nSPS) is 10.9. The molecule has 0 aliphatic rings. The Morgan fingerprint density at radius 3 is 2.87 bits per heavy atom. The molecule has 2 aromatic rings. The van der Waals surface area contributed by atoms with Crippen LogP contribution in [0, 0.1) is 6.92 Å². The minimum absolute atomic E-state index is 0.610. The average molecular weight is 205 g/mol. The Balaban J connectivity index is 2.33. The first kappa shape index (κ1) is 9.92. The predicted octanol–water partition coefficient (Wildman–Crippen LogP) is 0.620. The van der Waals surface area contributed by atoms with E-state index in [1.807, 2.05) is 31.0 Å². The fourth-order valence-corrected chi connectivity index (χ4v) is 1.53. The molecule has 15 heavy (non-hydrogen) atoms. The van der Waals surface area contributed by atoms with Gasteiger partial charge in [-0.2, -0.15) is 5.10 Å². The molecule has 0 atom stereocenters. The number of H-pyrrole nitrogens is 1. The van der Waals surface area contributed by atoms with Crippen LogP contribution in [0.3, 0.4) is 0 Å². The number of nitrogens with zero attached hydrogens (tertiary/aromatic N) is 3. The molecule has 2 heterocycles. The monoisotopic (exact) mass is 205 g/mol. The van der Waals surface area contributed by atoms with Crippen LogP contribution in [-0.2, 0) is 13.5 Å². The highest BCUT2D eigenvalue weighted by Gasteiger charge is 2.08. The summed E-state index contributed by atoms with van der Waals surface area (Å²) >= 11 is 0. The summed E-state index contributed by atoms with van der Waals surface area (Å²) in [6.45, 7) is 2.64. The molecule has 0 saturated carbocycles. The number of hydrogen-bond acceptors (Lipinski definition) is 3. The van der Waals surface area contributed by atoms with Crippen molar-refractivity contribution in [2.45, 2.75) is 13.3 Å². The van der Waals surface area contributed by atoms with Crippen LogP contribution < -0.4 is 5.73 Å². The van der Waals surface area contributed by atoms with Gasteiger partial charge in [-0.3, -0.25) is 4.68 Å². The summed E-state index contributed by atoms with van der Waals surface area (Å²) in [5.41, 5.74) is 8.68. The lowest BCUT2D eigenvalue weighted by molar-refractivity contribution is 0.740. The highest BCUT2D eigenvalue weighted by atomic mass is 15.3. The number of imidazole rings is 1. The molecule has 5 nitrogen and oxygen atoms in total. The smallest absolute Gasteiger partial charge is 0.107 e. The molecule has 0 spiro atoms. The van der Waals surface area contributed by atoms with Crippen molar-refractivity contribution in [2.24, 2.45) is 12.8 Å². The zero-order chi connectivity index (χ0) is 10.8. The van der Waals surface area contributed by atoms with Gasteiger partial charge in [0.1, 0.15) is 5.82 Å². The standard InChI is InChI=1S/C10H15N5/c1-7-8(5-13-15(7)2)9-6-12-10(14-9)3-4-11/h5-6H,3-4,11H2,1-2H3,(H,12,14). The van der Waals surface area contributed by atoms with E-state index in [9.17, 15) is 0 Å². The second-order valence-corrected chi connectivity index (χ2v) is 3.55. The summed E-state index contributed by atoms with van der Waals surface area (Å²) in [6.07, 6.45) is 4.45. The molecule has 0 aromatic carbocycles. The van der Waals surface area contributed by atoms with Crippen LogP contribution in [0.4, 0.5) is 0 Å². The fourth-order valence-electron chi connectivity index (χ4n) is 1.53. The molecule has 2 rings (SSSR count). The summed E-state index contributed by atoms with van der Waals surface area (Å²) < 4.78 is 1.85. The molecule has 0 bridgehead atoms. The summed E-state index contributed by atoms with van der Waals surface area (Å²) in [4.78, 5) is 7.50. The molecule has 0 saturated heterocycles. The Hall–Kier alpha value is -1.62. The van der Waals surface area contributed by atoms with Crippen molar-refractivity contribution in [3.05, 3.63) is 23.9 Å². The first-order chi connectivity index (χ1) is 7.22. The SMILES string of the molecule is Cc1c(-c2cnc(CCN)[nH]2)cnn1C. The van der Waals surface area contributed by atoms with Crippen LogP contribution in [0.2, 0.25) is 0 Å². The fraction of sp³-hybridized carbons (Fsp3) is 0.400. The largest absolute Gasteiger partial charge is 0.342 e. The molecule has 0 fully saturated rings. The van der Waals surface area contributed by atoms with E-state index in [1.165, 1.54) is 0 Å². The number of aromatic nitrogens is 4. The van der Waals surface area contributed by atoms with Crippen LogP contribution in [-0.4, -0.2) is 26.3 Å². The van der Waals surface area contributed by atoms with Crippen LogP contribution in [0.25, 0.3) is 11.3 Å².